The van der Waals surface area contributed by atoms with Gasteiger partial charge in [-0.05, 0) is 32.1 Å². The summed E-state index contributed by atoms with van der Waals surface area (Å²) in [5, 5.41) is 0. The molecule has 0 nitrogen and oxygen atoms in total. The van der Waals surface area contributed by atoms with Crippen LogP contribution in [0.25, 0.3) is 0 Å². The van der Waals surface area contributed by atoms with E-state index in [4.69, 9.17) is 0 Å². The van der Waals surface area contributed by atoms with Crippen LogP contribution in [0.3, 0.4) is 0 Å². The predicted octanol–water partition coefficient (Wildman–Crippen LogP) is 3.55. The zero-order chi connectivity index (χ0) is 8.81. The average molecular weight is 177 g/mol. The third kappa shape index (κ3) is 3.14. The maximum absolute atomic E-state index is 3.13. The summed E-state index contributed by atoms with van der Waals surface area (Å²) >= 11 is 1.85. The van der Waals surface area contributed by atoms with Gasteiger partial charge in [0.25, 0.3) is 0 Å². The minimum atomic E-state index is 1.04. The number of hydrogen-bond donors (Lipinski definition) is 0. The van der Waals surface area contributed by atoms with Crippen LogP contribution in [0.5, 0.6) is 0 Å². The van der Waals surface area contributed by atoms with Crippen molar-refractivity contribution in [3.63, 3.8) is 0 Å². The molecular formula is C11H13S. The highest BCUT2D eigenvalue weighted by Crippen LogP contribution is 2.19. The van der Waals surface area contributed by atoms with E-state index >= 15 is 0 Å². The van der Waals surface area contributed by atoms with Gasteiger partial charge in [0.05, 0.1) is 0 Å². The largest absolute Gasteiger partial charge is 0.122 e. The molecule has 1 aromatic carbocycles. The van der Waals surface area contributed by atoms with E-state index < -0.39 is 0 Å². The molecule has 0 aliphatic carbocycles. The molecule has 12 heavy (non-hydrogen) atoms. The standard InChI is InChI=1S/C11H13S/c1-3-10(2)9-12-11-7-5-4-6-8-11/h4-8H,9H2,1-2H3. The molecule has 0 unspecified atom stereocenters. The number of allylic oxidation sites excluding steroid dienone is 1. The average Bonchev–Trinajstić information content (AvgIpc) is 2.16. The molecule has 0 bridgehead atoms. The highest BCUT2D eigenvalue weighted by Gasteiger charge is 1.92. The third-order valence-electron chi connectivity index (χ3n) is 1.63. The Balaban J connectivity index is 2.44. The van der Waals surface area contributed by atoms with Gasteiger partial charge in [-0.25, -0.2) is 0 Å². The summed E-state index contributed by atoms with van der Waals surface area (Å²) in [4.78, 5) is 1.33. The van der Waals surface area contributed by atoms with Crippen molar-refractivity contribution in [2.24, 2.45) is 0 Å². The van der Waals surface area contributed by atoms with Gasteiger partial charge in [-0.15, -0.1) is 11.8 Å². The second kappa shape index (κ2) is 5.04. The summed E-state index contributed by atoms with van der Waals surface area (Å²) in [5.41, 5.74) is 1.31. The van der Waals surface area contributed by atoms with Crippen LogP contribution in [-0.4, -0.2) is 5.75 Å². The van der Waals surface area contributed by atoms with Gasteiger partial charge >= 0.3 is 0 Å². The number of benzene rings is 1. The van der Waals surface area contributed by atoms with E-state index in [1.54, 1.807) is 0 Å². The lowest BCUT2D eigenvalue weighted by Crippen LogP contribution is -1.80. The van der Waals surface area contributed by atoms with Crippen molar-refractivity contribution in [1.29, 1.82) is 0 Å². The SMILES string of the molecule is C/[C]=C(\C)CSc1ccccc1. The van der Waals surface area contributed by atoms with Gasteiger partial charge in [0, 0.05) is 10.6 Å². The van der Waals surface area contributed by atoms with Gasteiger partial charge in [-0.1, -0.05) is 23.8 Å². The lowest BCUT2D eigenvalue weighted by molar-refractivity contribution is 1.33. The molecule has 0 atom stereocenters. The second-order valence-corrected chi connectivity index (χ2v) is 3.68. The van der Waals surface area contributed by atoms with Crippen LogP contribution < -0.4 is 0 Å². The van der Waals surface area contributed by atoms with E-state index in [1.165, 1.54) is 10.5 Å². The molecule has 0 saturated heterocycles. The van der Waals surface area contributed by atoms with E-state index in [0.29, 0.717) is 0 Å². The van der Waals surface area contributed by atoms with Gasteiger partial charge in [-0.3, -0.25) is 0 Å². The summed E-state index contributed by atoms with van der Waals surface area (Å²) in [5.74, 6) is 1.04. The molecule has 1 radical (unpaired) electrons. The topological polar surface area (TPSA) is 0 Å². The molecular weight excluding hydrogens is 164 g/mol. The number of thioether (sulfide) groups is 1. The van der Waals surface area contributed by atoms with Crippen molar-refractivity contribution in [1.82, 2.24) is 0 Å². The fraction of sp³-hybridized carbons (Fsp3) is 0.273. The maximum atomic E-state index is 3.13. The van der Waals surface area contributed by atoms with Crippen LogP contribution in [0, 0.1) is 6.08 Å². The Labute approximate surface area is 78.7 Å². The minimum absolute atomic E-state index is 1.04. The van der Waals surface area contributed by atoms with E-state index in [2.05, 4.69) is 37.3 Å². The summed E-state index contributed by atoms with van der Waals surface area (Å²) in [6, 6.07) is 10.4. The Hall–Kier alpha value is -0.690. The molecule has 0 saturated carbocycles. The molecule has 0 aliphatic rings. The van der Waals surface area contributed by atoms with Crippen molar-refractivity contribution in [3.8, 4) is 0 Å². The van der Waals surface area contributed by atoms with Gasteiger partial charge in [0.2, 0.25) is 0 Å². The zero-order valence-corrected chi connectivity index (χ0v) is 8.32. The molecule has 1 rings (SSSR count). The van der Waals surface area contributed by atoms with Crippen LogP contribution in [0.2, 0.25) is 0 Å². The molecule has 0 aromatic heterocycles. The van der Waals surface area contributed by atoms with Gasteiger partial charge in [0.1, 0.15) is 0 Å². The smallest absolute Gasteiger partial charge is 0.0193 e. The van der Waals surface area contributed by atoms with Crippen LogP contribution in [0.4, 0.5) is 0 Å². The lowest BCUT2D eigenvalue weighted by atomic mass is 10.3. The van der Waals surface area contributed by atoms with Crippen molar-refractivity contribution in [3.05, 3.63) is 42.0 Å². The third-order valence-corrected chi connectivity index (χ3v) is 2.81. The molecule has 1 heteroatoms. The van der Waals surface area contributed by atoms with Crippen molar-refractivity contribution in [2.45, 2.75) is 18.7 Å². The first-order chi connectivity index (χ1) is 5.83. The van der Waals surface area contributed by atoms with Crippen molar-refractivity contribution < 1.29 is 0 Å². The second-order valence-electron chi connectivity index (χ2n) is 2.63. The van der Waals surface area contributed by atoms with Gasteiger partial charge < -0.3 is 0 Å². The predicted molar refractivity (Wildman–Crippen MR) is 55.3 cm³/mol. The Morgan fingerprint density at radius 2 is 2.00 bits per heavy atom. The maximum Gasteiger partial charge on any atom is 0.0193 e. The Kier molecular flexibility index (Phi) is 3.95. The molecule has 0 fully saturated rings. The lowest BCUT2D eigenvalue weighted by Gasteiger charge is -1.99. The fourth-order valence-electron chi connectivity index (χ4n) is 0.780. The zero-order valence-electron chi connectivity index (χ0n) is 7.50. The monoisotopic (exact) mass is 177 g/mol. The molecule has 0 aliphatic heterocycles. The fourth-order valence-corrected chi connectivity index (χ4v) is 1.66. The van der Waals surface area contributed by atoms with Crippen LogP contribution in [-0.2, 0) is 0 Å². The van der Waals surface area contributed by atoms with Crippen molar-refractivity contribution in [2.75, 3.05) is 5.75 Å². The molecule has 63 valence electrons. The Bertz CT molecular complexity index is 249. The first-order valence-corrected chi connectivity index (χ1v) is 4.99. The van der Waals surface area contributed by atoms with E-state index in [-0.39, 0.29) is 0 Å². The quantitative estimate of drug-likeness (QED) is 0.636. The van der Waals surface area contributed by atoms with Gasteiger partial charge in [-0.2, -0.15) is 0 Å². The van der Waals surface area contributed by atoms with Crippen LogP contribution >= 0.6 is 11.8 Å². The van der Waals surface area contributed by atoms with Crippen LogP contribution in [0.15, 0.2) is 40.8 Å². The molecule has 0 amide bonds. The molecule has 1 aromatic rings. The van der Waals surface area contributed by atoms with E-state index in [0.717, 1.165) is 5.75 Å². The highest BCUT2D eigenvalue weighted by atomic mass is 32.2. The van der Waals surface area contributed by atoms with Crippen LogP contribution in [0.1, 0.15) is 13.8 Å². The first-order valence-electron chi connectivity index (χ1n) is 4.01. The molecule has 0 heterocycles. The Morgan fingerprint density at radius 1 is 1.33 bits per heavy atom. The Morgan fingerprint density at radius 3 is 2.58 bits per heavy atom. The minimum Gasteiger partial charge on any atom is -0.122 e. The summed E-state index contributed by atoms with van der Waals surface area (Å²) in [7, 11) is 0. The first kappa shape index (κ1) is 9.40. The summed E-state index contributed by atoms with van der Waals surface area (Å²) in [6.07, 6.45) is 3.13. The normalized spacial score (nSPS) is 11.7. The molecule has 0 spiro atoms. The molecule has 0 N–H and O–H groups in total. The highest BCUT2D eigenvalue weighted by molar-refractivity contribution is 7.99. The van der Waals surface area contributed by atoms with E-state index in [9.17, 15) is 0 Å². The number of rotatable bonds is 3. The van der Waals surface area contributed by atoms with Gasteiger partial charge in [0.15, 0.2) is 0 Å². The number of hydrogen-bond acceptors (Lipinski definition) is 1. The summed E-state index contributed by atoms with van der Waals surface area (Å²) in [6.45, 7) is 4.07. The van der Waals surface area contributed by atoms with Crippen molar-refractivity contribution >= 4 is 11.8 Å². The van der Waals surface area contributed by atoms with E-state index in [1.807, 2.05) is 24.8 Å². The summed E-state index contributed by atoms with van der Waals surface area (Å²) < 4.78 is 0.